The molecule has 0 atom stereocenters. The quantitative estimate of drug-likeness (QED) is 0.603. The Hall–Kier alpha value is -2.87. The van der Waals surface area contributed by atoms with Crippen molar-refractivity contribution in [3.05, 3.63) is 62.4 Å². The zero-order valence-electron chi connectivity index (χ0n) is 16.9. The summed E-state index contributed by atoms with van der Waals surface area (Å²) in [5.41, 5.74) is 0.645. The van der Waals surface area contributed by atoms with Crippen molar-refractivity contribution >= 4 is 34.4 Å². The first kappa shape index (κ1) is 20.9. The summed E-state index contributed by atoms with van der Waals surface area (Å²) in [6, 6.07) is 9.10. The van der Waals surface area contributed by atoms with Crippen LogP contribution in [0.2, 0.25) is 0 Å². The number of pyridine rings is 1. The zero-order valence-corrected chi connectivity index (χ0v) is 17.7. The third-order valence-corrected chi connectivity index (χ3v) is 5.40. The van der Waals surface area contributed by atoms with Gasteiger partial charge in [-0.05, 0) is 36.8 Å². The lowest BCUT2D eigenvalue weighted by Gasteiger charge is -2.15. The lowest BCUT2D eigenvalue weighted by molar-refractivity contribution is 0.102. The molecule has 0 fully saturated rings. The molecule has 3 aromatic rings. The van der Waals surface area contributed by atoms with Gasteiger partial charge in [-0.15, -0.1) is 11.8 Å². The van der Waals surface area contributed by atoms with Gasteiger partial charge >= 0.3 is 5.69 Å². The van der Waals surface area contributed by atoms with Crippen LogP contribution in [0.4, 0.5) is 5.69 Å². The second-order valence-corrected chi connectivity index (χ2v) is 7.86. The molecule has 0 unspecified atom stereocenters. The van der Waals surface area contributed by atoms with Crippen LogP contribution in [0, 0.1) is 0 Å². The molecular weight excluding hydrogens is 388 g/mol. The molecule has 2 N–H and O–H groups in total. The zero-order chi connectivity index (χ0) is 21.1. The highest BCUT2D eigenvalue weighted by molar-refractivity contribution is 7.98. The highest BCUT2D eigenvalue weighted by atomic mass is 32.2. The molecule has 0 aliphatic heterocycles. The van der Waals surface area contributed by atoms with Crippen LogP contribution in [0.3, 0.4) is 0 Å². The van der Waals surface area contributed by atoms with Crippen molar-refractivity contribution in [2.75, 3.05) is 11.6 Å². The van der Waals surface area contributed by atoms with Crippen molar-refractivity contribution in [3.63, 3.8) is 0 Å². The number of hydrogen-bond acceptors (Lipinski definition) is 5. The first-order valence-electron chi connectivity index (χ1n) is 9.49. The van der Waals surface area contributed by atoms with E-state index in [0.29, 0.717) is 24.3 Å². The number of benzene rings is 1. The second-order valence-electron chi connectivity index (χ2n) is 7.01. The molecule has 0 bridgehead atoms. The van der Waals surface area contributed by atoms with Crippen molar-refractivity contribution in [3.8, 4) is 0 Å². The number of para-hydroxylation sites is 1. The predicted molar refractivity (Wildman–Crippen MR) is 117 cm³/mol. The third-order valence-electron chi connectivity index (χ3n) is 4.61. The van der Waals surface area contributed by atoms with Crippen molar-refractivity contribution in [1.82, 2.24) is 14.5 Å². The number of rotatable bonds is 6. The van der Waals surface area contributed by atoms with Crippen molar-refractivity contribution in [2.24, 2.45) is 0 Å². The number of carbonyl (C=O) groups is 1. The Labute approximate surface area is 172 Å². The predicted octanol–water partition coefficient (Wildman–Crippen LogP) is 3.59. The number of anilines is 1. The van der Waals surface area contributed by atoms with Gasteiger partial charge in [-0.3, -0.25) is 19.1 Å². The van der Waals surface area contributed by atoms with Gasteiger partial charge in [0.2, 0.25) is 0 Å². The molecule has 0 saturated heterocycles. The summed E-state index contributed by atoms with van der Waals surface area (Å²) < 4.78 is 1.43. The fraction of sp³-hybridized carbons (Fsp3) is 0.333. The second kappa shape index (κ2) is 8.65. The van der Waals surface area contributed by atoms with E-state index in [2.05, 4.69) is 15.3 Å². The van der Waals surface area contributed by atoms with Crippen LogP contribution in [-0.4, -0.2) is 26.7 Å². The summed E-state index contributed by atoms with van der Waals surface area (Å²) >= 11 is 1.52. The molecular formula is C21H24N4O3S. The largest absolute Gasteiger partial charge is 0.329 e. The summed E-state index contributed by atoms with van der Waals surface area (Å²) in [5, 5.41) is 3.03. The number of carbonyl (C=O) groups excluding carboxylic acids is 1. The Morgan fingerprint density at radius 2 is 2.00 bits per heavy atom. The number of thioether (sulfide) groups is 1. The maximum absolute atomic E-state index is 13.2. The van der Waals surface area contributed by atoms with E-state index < -0.39 is 17.2 Å². The highest BCUT2D eigenvalue weighted by Crippen LogP contribution is 2.26. The molecule has 0 radical (unpaired) electrons. The van der Waals surface area contributed by atoms with E-state index >= 15 is 0 Å². The van der Waals surface area contributed by atoms with Crippen LogP contribution < -0.4 is 16.6 Å². The first-order chi connectivity index (χ1) is 13.9. The molecule has 1 aromatic carbocycles. The van der Waals surface area contributed by atoms with E-state index in [1.807, 2.05) is 51.3 Å². The molecule has 8 heteroatoms. The van der Waals surface area contributed by atoms with Gasteiger partial charge in [-0.25, -0.2) is 9.78 Å². The Balaban J connectivity index is 2.25. The van der Waals surface area contributed by atoms with Gasteiger partial charge in [-0.2, -0.15) is 0 Å². The standard InChI is InChI=1S/C21H24N4O3S/c1-5-10-25-18-17(20(27)24-21(25)28)13(11-15(22-18)12(2)3)19(26)23-14-8-6-7-9-16(14)29-4/h6-9,11-12H,5,10H2,1-4H3,(H,23,26)(H,24,27,28). The SMILES string of the molecule is CCCn1c(=O)[nH]c(=O)c2c(C(=O)Nc3ccccc3SC)cc(C(C)C)nc21. The molecule has 2 aromatic heterocycles. The fourth-order valence-electron chi connectivity index (χ4n) is 3.14. The van der Waals surface area contributed by atoms with Gasteiger partial charge in [-0.1, -0.05) is 32.9 Å². The van der Waals surface area contributed by atoms with Crippen molar-refractivity contribution in [1.29, 1.82) is 0 Å². The average molecular weight is 413 g/mol. The molecule has 152 valence electrons. The molecule has 0 saturated carbocycles. The van der Waals surface area contributed by atoms with Crippen LogP contribution in [-0.2, 0) is 6.54 Å². The molecule has 0 aliphatic rings. The van der Waals surface area contributed by atoms with Gasteiger partial charge in [0, 0.05) is 17.1 Å². The van der Waals surface area contributed by atoms with Gasteiger partial charge < -0.3 is 5.32 Å². The smallest absolute Gasteiger partial charge is 0.321 e. The molecule has 3 rings (SSSR count). The number of hydrogen-bond donors (Lipinski definition) is 2. The summed E-state index contributed by atoms with van der Waals surface area (Å²) in [7, 11) is 0. The lowest BCUT2D eigenvalue weighted by Crippen LogP contribution is -2.32. The molecule has 7 nitrogen and oxygen atoms in total. The van der Waals surface area contributed by atoms with Crippen LogP contribution in [0.15, 0.2) is 44.8 Å². The number of aromatic amines is 1. The van der Waals surface area contributed by atoms with E-state index in [-0.39, 0.29) is 22.5 Å². The Kier molecular flexibility index (Phi) is 6.22. The number of nitrogens with zero attached hydrogens (tertiary/aromatic N) is 2. The number of aromatic nitrogens is 3. The number of amides is 1. The maximum Gasteiger partial charge on any atom is 0.329 e. The van der Waals surface area contributed by atoms with Crippen LogP contribution >= 0.6 is 11.8 Å². The van der Waals surface area contributed by atoms with Crippen molar-refractivity contribution in [2.45, 2.75) is 44.6 Å². The van der Waals surface area contributed by atoms with Crippen molar-refractivity contribution < 1.29 is 4.79 Å². The van der Waals surface area contributed by atoms with E-state index in [1.165, 1.54) is 16.3 Å². The number of fused-ring (bicyclic) bond motifs is 1. The summed E-state index contributed by atoms with van der Waals surface area (Å²) in [6.45, 7) is 6.24. The molecule has 29 heavy (non-hydrogen) atoms. The Bertz CT molecular complexity index is 1180. The molecule has 2 heterocycles. The Morgan fingerprint density at radius 1 is 1.28 bits per heavy atom. The van der Waals surface area contributed by atoms with E-state index in [0.717, 1.165) is 4.90 Å². The minimum atomic E-state index is -0.608. The first-order valence-corrected chi connectivity index (χ1v) is 10.7. The normalized spacial score (nSPS) is 11.2. The third kappa shape index (κ3) is 4.12. The monoisotopic (exact) mass is 412 g/mol. The van der Waals surface area contributed by atoms with Gasteiger partial charge in [0.15, 0.2) is 5.65 Å². The number of nitrogens with one attached hydrogen (secondary N) is 2. The van der Waals surface area contributed by atoms with E-state index in [9.17, 15) is 14.4 Å². The molecule has 0 spiro atoms. The minimum absolute atomic E-state index is 0.0221. The topological polar surface area (TPSA) is 96.9 Å². The average Bonchev–Trinajstić information content (AvgIpc) is 2.70. The molecule has 1 amide bonds. The van der Waals surface area contributed by atoms with Gasteiger partial charge in [0.25, 0.3) is 11.5 Å². The van der Waals surface area contributed by atoms with Gasteiger partial charge in [0.05, 0.1) is 16.6 Å². The summed E-state index contributed by atoms with van der Waals surface area (Å²) in [5.74, 6) is -0.387. The highest BCUT2D eigenvalue weighted by Gasteiger charge is 2.21. The fourth-order valence-corrected chi connectivity index (χ4v) is 3.69. The number of aryl methyl sites for hydroxylation is 1. The van der Waals surface area contributed by atoms with Crippen LogP contribution in [0.1, 0.15) is 49.2 Å². The van der Waals surface area contributed by atoms with Gasteiger partial charge in [0.1, 0.15) is 0 Å². The van der Waals surface area contributed by atoms with Crippen LogP contribution in [0.25, 0.3) is 11.0 Å². The summed E-state index contributed by atoms with van der Waals surface area (Å²) in [4.78, 5) is 46.0. The maximum atomic E-state index is 13.2. The lowest BCUT2D eigenvalue weighted by atomic mass is 10.0. The Morgan fingerprint density at radius 3 is 2.66 bits per heavy atom. The van der Waals surface area contributed by atoms with E-state index in [1.54, 1.807) is 6.07 Å². The van der Waals surface area contributed by atoms with E-state index in [4.69, 9.17) is 0 Å². The molecule has 0 aliphatic carbocycles. The van der Waals surface area contributed by atoms with Crippen LogP contribution in [0.5, 0.6) is 0 Å². The summed E-state index contributed by atoms with van der Waals surface area (Å²) in [6.07, 6.45) is 2.62. The minimum Gasteiger partial charge on any atom is -0.321 e. The number of H-pyrrole nitrogens is 1.